The molecular formula is C42H88. The molecular weight excluding hydrogens is 504 g/mol. The van der Waals surface area contributed by atoms with Gasteiger partial charge in [0.05, 0.1) is 0 Å². The van der Waals surface area contributed by atoms with Crippen LogP contribution < -0.4 is 0 Å². The van der Waals surface area contributed by atoms with Gasteiger partial charge >= 0.3 is 0 Å². The summed E-state index contributed by atoms with van der Waals surface area (Å²) in [6, 6.07) is 0. The number of rotatable bonds is 0. The first-order valence-corrected chi connectivity index (χ1v) is 20.3. The van der Waals surface area contributed by atoms with Gasteiger partial charge in [-0.15, -0.1) is 0 Å². The molecule has 0 aliphatic heterocycles. The Kier molecular flexibility index (Phi) is 28.7. The lowest BCUT2D eigenvalue weighted by molar-refractivity contribution is 0.0729. The molecule has 0 radical (unpaired) electrons. The molecule has 6 aliphatic rings. The molecule has 0 saturated heterocycles. The summed E-state index contributed by atoms with van der Waals surface area (Å²) in [5, 5.41) is 0. The molecule has 0 heterocycles. The van der Waals surface area contributed by atoms with Gasteiger partial charge < -0.3 is 0 Å². The summed E-state index contributed by atoms with van der Waals surface area (Å²) < 4.78 is 0. The van der Waals surface area contributed by atoms with Crippen LogP contribution in [0.25, 0.3) is 0 Å². The molecule has 0 bridgehead atoms. The lowest BCUT2D eigenvalue weighted by Crippen LogP contribution is -2.33. The van der Waals surface area contributed by atoms with Crippen molar-refractivity contribution in [3.63, 3.8) is 0 Å². The Morgan fingerprint density at radius 3 is 0.738 bits per heavy atom. The molecule has 0 aromatic carbocycles. The second kappa shape index (κ2) is 27.3. The van der Waals surface area contributed by atoms with E-state index in [0.29, 0.717) is 5.41 Å². The third-order valence-electron chi connectivity index (χ3n) is 10.3. The molecule has 8 unspecified atom stereocenters. The van der Waals surface area contributed by atoms with Crippen LogP contribution in [0.3, 0.4) is 0 Å². The van der Waals surface area contributed by atoms with Crippen molar-refractivity contribution in [2.75, 3.05) is 0 Å². The van der Waals surface area contributed by atoms with Gasteiger partial charge in [0.25, 0.3) is 0 Å². The zero-order valence-electron chi connectivity index (χ0n) is 32.6. The summed E-state index contributed by atoms with van der Waals surface area (Å²) in [7, 11) is 0. The van der Waals surface area contributed by atoms with Gasteiger partial charge in [0.15, 0.2) is 0 Å². The quantitative estimate of drug-likeness (QED) is 0.262. The van der Waals surface area contributed by atoms with E-state index in [1.807, 2.05) is 55.4 Å². The molecule has 0 amide bonds. The first-order chi connectivity index (χ1) is 20.3. The van der Waals surface area contributed by atoms with Crippen LogP contribution in [0.2, 0.25) is 0 Å². The number of hydrogen-bond donors (Lipinski definition) is 0. The molecule has 0 aromatic rings. The summed E-state index contributed by atoms with van der Waals surface area (Å²) in [6.07, 6.45) is 29.6. The van der Waals surface area contributed by atoms with Gasteiger partial charge in [-0.2, -0.15) is 0 Å². The van der Waals surface area contributed by atoms with Crippen LogP contribution in [0.15, 0.2) is 0 Å². The Hall–Kier alpha value is 0. The minimum Gasteiger partial charge on any atom is -0.0683 e. The lowest BCUT2D eigenvalue weighted by atomic mass is 9.62. The SMILES string of the molecule is C1CCC2C(C1)CCC1CCCC12.C1CCC2C(C1)CCC1CCCC12.CC.CC.CC.CC.CC(C)(C)C.CCC. The maximum absolute atomic E-state index is 2.19. The standard InChI is InChI=1S/2C13H22.C5H12.C3H8.4C2H6/c2*1-2-6-12-10(4-1)8-9-11-5-3-7-13(11)12;1-5(2,3)4;1-3-2;4*1-2/h2*10-13H,1-9H2;1-4H3;3H2,1-2H3;4*1-2H3. The third-order valence-corrected chi connectivity index (χ3v) is 10.3. The van der Waals surface area contributed by atoms with Crippen LogP contribution in [-0.4, -0.2) is 0 Å². The van der Waals surface area contributed by atoms with Crippen LogP contribution in [0, 0.1) is 52.8 Å². The van der Waals surface area contributed by atoms with E-state index in [4.69, 9.17) is 0 Å². The van der Waals surface area contributed by atoms with E-state index in [1.54, 1.807) is 116 Å². The van der Waals surface area contributed by atoms with Crippen molar-refractivity contribution in [1.82, 2.24) is 0 Å². The van der Waals surface area contributed by atoms with Crippen molar-refractivity contribution in [2.45, 2.75) is 219 Å². The molecule has 0 spiro atoms. The van der Waals surface area contributed by atoms with E-state index >= 15 is 0 Å². The molecule has 42 heavy (non-hydrogen) atoms. The van der Waals surface area contributed by atoms with Crippen LogP contribution in [0.4, 0.5) is 0 Å². The van der Waals surface area contributed by atoms with Crippen molar-refractivity contribution in [1.29, 1.82) is 0 Å². The molecule has 0 aromatic heterocycles. The molecule has 256 valence electrons. The Balaban J connectivity index is 0. The van der Waals surface area contributed by atoms with E-state index < -0.39 is 0 Å². The minimum atomic E-state index is 0.500. The van der Waals surface area contributed by atoms with Gasteiger partial charge in [-0.05, 0) is 104 Å². The highest BCUT2D eigenvalue weighted by Gasteiger charge is 2.43. The number of fused-ring (bicyclic) bond motifs is 6. The maximum atomic E-state index is 2.19. The van der Waals surface area contributed by atoms with Crippen molar-refractivity contribution in [3.8, 4) is 0 Å². The van der Waals surface area contributed by atoms with Crippen molar-refractivity contribution < 1.29 is 0 Å². The fourth-order valence-electron chi connectivity index (χ4n) is 9.15. The largest absolute Gasteiger partial charge is 0.0683 e. The lowest BCUT2D eigenvalue weighted by Gasteiger charge is -2.43. The van der Waals surface area contributed by atoms with Gasteiger partial charge in [0.2, 0.25) is 0 Å². The van der Waals surface area contributed by atoms with Crippen LogP contribution in [0.5, 0.6) is 0 Å². The maximum Gasteiger partial charge on any atom is -0.0355 e. The topological polar surface area (TPSA) is 0 Å². The van der Waals surface area contributed by atoms with Gasteiger partial charge in [-0.1, -0.05) is 168 Å². The van der Waals surface area contributed by atoms with Crippen molar-refractivity contribution in [3.05, 3.63) is 0 Å². The third kappa shape index (κ3) is 16.9. The Morgan fingerprint density at radius 1 is 0.333 bits per heavy atom. The summed E-state index contributed by atoms with van der Waals surface area (Å²) in [5.74, 6) is 9.36. The smallest absolute Gasteiger partial charge is 0.0355 e. The Morgan fingerprint density at radius 2 is 0.500 bits per heavy atom. The fraction of sp³-hybridized carbons (Fsp3) is 1.00. The highest BCUT2D eigenvalue weighted by Crippen LogP contribution is 2.53. The molecule has 6 aliphatic carbocycles. The Bertz CT molecular complexity index is 493. The first kappa shape index (κ1) is 44.1. The molecule has 6 fully saturated rings. The van der Waals surface area contributed by atoms with Crippen LogP contribution in [0.1, 0.15) is 219 Å². The molecule has 0 nitrogen and oxygen atoms in total. The molecule has 6 saturated carbocycles. The highest BCUT2D eigenvalue weighted by atomic mass is 14.5. The summed E-state index contributed by atoms with van der Waals surface area (Å²) in [4.78, 5) is 0. The molecule has 6 rings (SSSR count). The monoisotopic (exact) mass is 593 g/mol. The van der Waals surface area contributed by atoms with Crippen molar-refractivity contribution in [2.24, 2.45) is 52.8 Å². The molecule has 0 heteroatoms. The predicted molar refractivity (Wildman–Crippen MR) is 198 cm³/mol. The van der Waals surface area contributed by atoms with E-state index in [0.717, 1.165) is 11.8 Å². The molecule has 0 N–H and O–H groups in total. The second-order valence-corrected chi connectivity index (χ2v) is 15.0. The normalized spacial score (nSPS) is 33.3. The van der Waals surface area contributed by atoms with Gasteiger partial charge in [-0.3, -0.25) is 0 Å². The first-order valence-electron chi connectivity index (χ1n) is 20.3. The van der Waals surface area contributed by atoms with E-state index in [1.165, 1.54) is 41.9 Å². The average molecular weight is 593 g/mol. The van der Waals surface area contributed by atoms with Crippen LogP contribution >= 0.6 is 0 Å². The zero-order chi connectivity index (χ0) is 32.6. The number of hydrogen-bond acceptors (Lipinski definition) is 0. The highest BCUT2D eigenvalue weighted by molar-refractivity contribution is 4.93. The summed E-state index contributed by atoms with van der Waals surface area (Å²) in [6.45, 7) is 29.0. The molecule has 8 atom stereocenters. The van der Waals surface area contributed by atoms with E-state index in [-0.39, 0.29) is 0 Å². The summed E-state index contributed by atoms with van der Waals surface area (Å²) >= 11 is 0. The second-order valence-electron chi connectivity index (χ2n) is 15.0. The predicted octanol–water partition coefficient (Wildman–Crippen LogP) is 15.6. The van der Waals surface area contributed by atoms with Gasteiger partial charge in [0.1, 0.15) is 0 Å². The van der Waals surface area contributed by atoms with E-state index in [2.05, 4.69) is 41.5 Å². The average Bonchev–Trinajstić information content (AvgIpc) is 3.72. The zero-order valence-corrected chi connectivity index (χ0v) is 32.6. The Labute approximate surface area is 271 Å². The minimum absolute atomic E-state index is 0.500. The van der Waals surface area contributed by atoms with E-state index in [9.17, 15) is 0 Å². The van der Waals surface area contributed by atoms with Gasteiger partial charge in [-0.25, -0.2) is 0 Å². The van der Waals surface area contributed by atoms with Crippen molar-refractivity contribution >= 4 is 0 Å². The van der Waals surface area contributed by atoms with Gasteiger partial charge in [0, 0.05) is 0 Å². The summed E-state index contributed by atoms with van der Waals surface area (Å²) in [5.41, 5.74) is 0.500. The fourth-order valence-corrected chi connectivity index (χ4v) is 9.15. The van der Waals surface area contributed by atoms with Crippen LogP contribution in [-0.2, 0) is 0 Å².